The molecule has 0 saturated carbocycles. The lowest BCUT2D eigenvalue weighted by atomic mass is 10.2. The van der Waals surface area contributed by atoms with E-state index in [2.05, 4.69) is 5.32 Å². The molecule has 0 bridgehead atoms. The topological polar surface area (TPSA) is 58.6 Å². The Morgan fingerprint density at radius 2 is 1.76 bits per heavy atom. The van der Waals surface area contributed by atoms with E-state index in [-0.39, 0.29) is 30.2 Å². The second kappa shape index (κ2) is 6.69. The molecule has 0 heterocycles. The number of carbonyl (C=O) groups is 1. The van der Waals surface area contributed by atoms with Crippen LogP contribution in [0.5, 0.6) is 5.75 Å². The van der Waals surface area contributed by atoms with Crippen LogP contribution >= 0.6 is 0 Å². The third-order valence-electron chi connectivity index (χ3n) is 2.74. The zero-order valence-corrected chi connectivity index (χ0v) is 11.0. The molecular weight excluding hydrogens is 280 g/mol. The monoisotopic (exact) mass is 293 g/mol. The smallest absolute Gasteiger partial charge is 0.339 e. The summed E-state index contributed by atoms with van der Waals surface area (Å²) in [7, 11) is 0. The average Bonchev–Trinajstić information content (AvgIpc) is 2.46. The molecule has 0 aliphatic carbocycles. The minimum absolute atomic E-state index is 0.0366. The van der Waals surface area contributed by atoms with Crippen molar-refractivity contribution in [3.63, 3.8) is 0 Å². The van der Waals surface area contributed by atoms with Gasteiger partial charge in [0.25, 0.3) is 0 Å². The van der Waals surface area contributed by atoms with Crippen molar-refractivity contribution in [3.8, 4) is 5.75 Å². The summed E-state index contributed by atoms with van der Waals surface area (Å²) in [6.07, 6.45) is 0. The molecule has 6 heteroatoms. The van der Waals surface area contributed by atoms with E-state index in [0.29, 0.717) is 0 Å². The van der Waals surface area contributed by atoms with Crippen LogP contribution in [0.25, 0.3) is 0 Å². The minimum atomic E-state index is -1.10. The van der Waals surface area contributed by atoms with Crippen molar-refractivity contribution in [2.45, 2.75) is 0 Å². The summed E-state index contributed by atoms with van der Waals surface area (Å²) in [5.74, 6) is -2.28. The third-order valence-corrected chi connectivity index (χ3v) is 2.74. The second-order valence-electron chi connectivity index (χ2n) is 4.17. The Kier molecular flexibility index (Phi) is 4.71. The first-order valence-corrected chi connectivity index (χ1v) is 6.22. The van der Waals surface area contributed by atoms with Crippen LogP contribution in [0, 0.1) is 11.6 Å². The number of nitrogens with one attached hydrogen (secondary N) is 1. The minimum Gasteiger partial charge on any atom is -0.491 e. The maximum atomic E-state index is 13.3. The summed E-state index contributed by atoms with van der Waals surface area (Å²) in [5, 5.41) is 11.6. The fraction of sp³-hybridized carbons (Fsp3) is 0.133. The van der Waals surface area contributed by atoms with Gasteiger partial charge in [-0.25, -0.2) is 13.6 Å². The van der Waals surface area contributed by atoms with E-state index in [4.69, 9.17) is 9.84 Å². The van der Waals surface area contributed by atoms with Crippen molar-refractivity contribution in [1.82, 2.24) is 0 Å². The van der Waals surface area contributed by atoms with Gasteiger partial charge in [-0.15, -0.1) is 0 Å². The summed E-state index contributed by atoms with van der Waals surface area (Å²) in [6.45, 7) is 0.198. The van der Waals surface area contributed by atoms with Crippen molar-refractivity contribution in [2.75, 3.05) is 18.5 Å². The predicted octanol–water partition coefficient (Wildman–Crippen LogP) is 3.15. The highest BCUT2D eigenvalue weighted by Gasteiger charge is 2.10. The van der Waals surface area contributed by atoms with Crippen LogP contribution in [0.15, 0.2) is 42.5 Å². The van der Waals surface area contributed by atoms with Gasteiger partial charge >= 0.3 is 5.97 Å². The summed E-state index contributed by atoms with van der Waals surface area (Å²) >= 11 is 0. The van der Waals surface area contributed by atoms with Gasteiger partial charge in [-0.05, 0) is 24.3 Å². The number of carboxylic acids is 1. The van der Waals surface area contributed by atoms with E-state index < -0.39 is 17.6 Å². The predicted molar refractivity (Wildman–Crippen MR) is 73.7 cm³/mol. The third kappa shape index (κ3) is 3.68. The Morgan fingerprint density at radius 1 is 1.10 bits per heavy atom. The molecule has 2 aromatic carbocycles. The number of anilines is 1. The van der Waals surface area contributed by atoms with Gasteiger partial charge in [0.1, 0.15) is 35.2 Å². The Balaban J connectivity index is 1.92. The van der Waals surface area contributed by atoms with Crippen molar-refractivity contribution >= 4 is 11.7 Å². The highest BCUT2D eigenvalue weighted by atomic mass is 19.1. The second-order valence-corrected chi connectivity index (χ2v) is 4.17. The molecule has 0 radical (unpaired) electrons. The van der Waals surface area contributed by atoms with Crippen molar-refractivity contribution in [2.24, 2.45) is 0 Å². The lowest BCUT2D eigenvalue weighted by Crippen LogP contribution is -2.14. The summed E-state index contributed by atoms with van der Waals surface area (Å²) in [5.41, 5.74) is -0.192. The molecule has 2 aromatic rings. The highest BCUT2D eigenvalue weighted by Crippen LogP contribution is 2.19. The van der Waals surface area contributed by atoms with Gasteiger partial charge in [0.2, 0.25) is 0 Å². The van der Waals surface area contributed by atoms with Gasteiger partial charge in [0.05, 0.1) is 0 Å². The van der Waals surface area contributed by atoms with Gasteiger partial charge in [0, 0.05) is 6.54 Å². The lowest BCUT2D eigenvalue weighted by Gasteiger charge is -2.11. The zero-order chi connectivity index (χ0) is 15.2. The quantitative estimate of drug-likeness (QED) is 0.803. The Hall–Kier alpha value is -2.63. The molecule has 21 heavy (non-hydrogen) atoms. The fourth-order valence-corrected chi connectivity index (χ4v) is 1.77. The van der Waals surface area contributed by atoms with E-state index in [1.54, 1.807) is 12.1 Å². The molecule has 2 N–H and O–H groups in total. The van der Waals surface area contributed by atoms with Crippen molar-refractivity contribution in [3.05, 3.63) is 59.7 Å². The van der Waals surface area contributed by atoms with Crippen LogP contribution in [-0.2, 0) is 0 Å². The average molecular weight is 293 g/mol. The number of para-hydroxylation sites is 2. The van der Waals surface area contributed by atoms with Crippen molar-refractivity contribution in [1.29, 1.82) is 0 Å². The van der Waals surface area contributed by atoms with Gasteiger partial charge in [-0.3, -0.25) is 0 Å². The maximum absolute atomic E-state index is 13.3. The van der Waals surface area contributed by atoms with Gasteiger partial charge in [0.15, 0.2) is 0 Å². The number of hydrogen-bond donors (Lipinski definition) is 2. The molecule has 0 aliphatic rings. The molecular formula is C15H13F2NO3. The van der Waals surface area contributed by atoms with E-state index in [1.165, 1.54) is 18.2 Å². The number of carboxylic acid groups (broad SMARTS) is 1. The Labute approximate surface area is 120 Å². The van der Waals surface area contributed by atoms with Gasteiger partial charge in [-0.1, -0.05) is 18.2 Å². The number of aromatic carboxylic acids is 1. The van der Waals surface area contributed by atoms with E-state index in [0.717, 1.165) is 12.1 Å². The fourth-order valence-electron chi connectivity index (χ4n) is 1.77. The van der Waals surface area contributed by atoms with Gasteiger partial charge in [-0.2, -0.15) is 0 Å². The number of rotatable bonds is 6. The van der Waals surface area contributed by atoms with E-state index >= 15 is 0 Å². The van der Waals surface area contributed by atoms with Crippen LogP contribution in [-0.4, -0.2) is 24.2 Å². The summed E-state index contributed by atoms with van der Waals surface area (Å²) in [6, 6.07) is 9.73. The molecule has 0 aromatic heterocycles. The molecule has 0 spiro atoms. The first-order chi connectivity index (χ1) is 10.1. The van der Waals surface area contributed by atoms with Crippen LogP contribution in [0.2, 0.25) is 0 Å². The first-order valence-electron chi connectivity index (χ1n) is 6.22. The number of ether oxygens (including phenoxy) is 1. The van der Waals surface area contributed by atoms with Crippen LogP contribution in [0.3, 0.4) is 0 Å². The molecule has 2 rings (SSSR count). The van der Waals surface area contributed by atoms with Crippen molar-refractivity contribution < 1.29 is 23.4 Å². The zero-order valence-electron chi connectivity index (χ0n) is 11.0. The van der Waals surface area contributed by atoms with Crippen LogP contribution in [0.1, 0.15) is 10.4 Å². The summed E-state index contributed by atoms with van der Waals surface area (Å²) < 4.78 is 32.0. The summed E-state index contributed by atoms with van der Waals surface area (Å²) in [4.78, 5) is 11.0. The van der Waals surface area contributed by atoms with E-state index in [9.17, 15) is 13.6 Å². The Morgan fingerprint density at radius 3 is 2.43 bits per heavy atom. The van der Waals surface area contributed by atoms with E-state index in [1.807, 2.05) is 0 Å². The molecule has 4 nitrogen and oxygen atoms in total. The SMILES string of the molecule is O=C(O)c1ccccc1OCCNc1c(F)cccc1F. The molecule has 0 fully saturated rings. The normalized spacial score (nSPS) is 10.2. The molecule has 110 valence electrons. The largest absolute Gasteiger partial charge is 0.491 e. The molecule has 0 aliphatic heterocycles. The standard InChI is InChI=1S/C15H13F2NO3/c16-11-5-3-6-12(17)14(11)18-8-9-21-13-7-2-1-4-10(13)15(19)20/h1-7,18H,8-9H2,(H,19,20). The number of benzene rings is 2. The Bertz CT molecular complexity index is 626. The number of hydrogen-bond acceptors (Lipinski definition) is 3. The molecule has 0 amide bonds. The lowest BCUT2D eigenvalue weighted by molar-refractivity contribution is 0.0692. The first kappa shape index (κ1) is 14.8. The number of halogens is 2. The van der Waals surface area contributed by atoms with Crippen LogP contribution < -0.4 is 10.1 Å². The molecule has 0 atom stereocenters. The highest BCUT2D eigenvalue weighted by molar-refractivity contribution is 5.90. The van der Waals surface area contributed by atoms with Gasteiger partial charge < -0.3 is 15.2 Å². The van der Waals surface area contributed by atoms with Crippen LogP contribution in [0.4, 0.5) is 14.5 Å². The maximum Gasteiger partial charge on any atom is 0.339 e. The molecule has 0 unspecified atom stereocenters. The molecule has 0 saturated heterocycles.